The van der Waals surface area contributed by atoms with Crippen LogP contribution in [0, 0.1) is 0 Å². The summed E-state index contributed by atoms with van der Waals surface area (Å²) in [5, 5.41) is 8.86. The summed E-state index contributed by atoms with van der Waals surface area (Å²) in [5.41, 5.74) is 1.71. The minimum Gasteiger partial charge on any atom is -0.482 e. The molecule has 8 nitrogen and oxygen atoms in total. The van der Waals surface area contributed by atoms with Crippen molar-refractivity contribution in [3.8, 4) is 5.75 Å². The summed E-state index contributed by atoms with van der Waals surface area (Å²) in [6.07, 6.45) is 6.34. The van der Waals surface area contributed by atoms with Gasteiger partial charge in [0.1, 0.15) is 17.9 Å². The molecule has 0 unspecified atom stereocenters. The fraction of sp³-hybridized carbons (Fsp3) is 0.417. The lowest BCUT2D eigenvalue weighted by molar-refractivity contribution is -0.161. The van der Waals surface area contributed by atoms with Gasteiger partial charge < -0.3 is 19.5 Å². The molecule has 1 N–H and O–H groups in total. The molecule has 1 aromatic carbocycles. The Labute approximate surface area is 187 Å². The van der Waals surface area contributed by atoms with E-state index in [1.807, 2.05) is 18.2 Å². The summed E-state index contributed by atoms with van der Waals surface area (Å²) < 4.78 is 11.2. The first-order valence-corrected chi connectivity index (χ1v) is 10.7. The highest BCUT2D eigenvalue weighted by molar-refractivity contribution is 5.83. The van der Waals surface area contributed by atoms with E-state index in [4.69, 9.17) is 14.6 Å². The molecule has 1 aromatic heterocycles. The van der Waals surface area contributed by atoms with Crippen LogP contribution in [-0.4, -0.2) is 52.0 Å². The number of piperidine rings is 1. The van der Waals surface area contributed by atoms with Crippen molar-refractivity contribution >= 4 is 17.8 Å². The van der Waals surface area contributed by atoms with Crippen LogP contribution in [0.25, 0.3) is 0 Å². The molecule has 170 valence electrons. The number of nitrogens with zero attached hydrogens (tertiary/aromatic N) is 2. The lowest BCUT2D eigenvalue weighted by Gasteiger charge is -2.34. The van der Waals surface area contributed by atoms with E-state index in [-0.39, 0.29) is 5.91 Å². The number of aryl methyl sites for hydroxylation is 1. The van der Waals surface area contributed by atoms with Crippen LogP contribution in [0.1, 0.15) is 49.8 Å². The summed E-state index contributed by atoms with van der Waals surface area (Å²) in [4.78, 5) is 41.6. The first-order valence-electron chi connectivity index (χ1n) is 10.7. The molecule has 1 fully saturated rings. The van der Waals surface area contributed by atoms with Gasteiger partial charge in [-0.3, -0.25) is 9.78 Å². The van der Waals surface area contributed by atoms with E-state index in [1.54, 1.807) is 35.5 Å². The minimum absolute atomic E-state index is 0.136. The largest absolute Gasteiger partial charge is 0.482 e. The Morgan fingerprint density at radius 1 is 1.22 bits per heavy atom. The molecule has 1 aliphatic rings. The normalized spacial score (nSPS) is 16.8. The fourth-order valence-electron chi connectivity index (χ4n) is 3.86. The zero-order valence-electron chi connectivity index (χ0n) is 18.1. The van der Waals surface area contributed by atoms with E-state index in [0.717, 1.165) is 18.4 Å². The van der Waals surface area contributed by atoms with Gasteiger partial charge in [0.05, 0.1) is 0 Å². The number of likely N-dealkylation sites (tertiary alicyclic amines) is 1. The number of aromatic nitrogens is 1. The standard InChI is InChI=1S/C24H28N2O6/c1-17(27)26-13-3-2-9-21(26)24(30)32-22(11-10-18-6-5-12-25-15-18)19-7-4-8-20(14-19)31-16-23(28)29/h4-8,12,14-15,21-22H,2-3,9-11,13,16H2,1H3,(H,28,29)/t21-,22+/m0/s1. The van der Waals surface area contributed by atoms with Gasteiger partial charge in [-0.1, -0.05) is 18.2 Å². The second kappa shape index (κ2) is 11.3. The molecule has 2 atom stereocenters. The quantitative estimate of drug-likeness (QED) is 0.597. The van der Waals surface area contributed by atoms with Crippen LogP contribution in [0.3, 0.4) is 0 Å². The molecule has 0 radical (unpaired) electrons. The summed E-state index contributed by atoms with van der Waals surface area (Å²) in [6, 6.07) is 10.1. The van der Waals surface area contributed by atoms with Crippen molar-refractivity contribution in [3.05, 3.63) is 59.9 Å². The summed E-state index contributed by atoms with van der Waals surface area (Å²) in [7, 11) is 0. The maximum absolute atomic E-state index is 13.1. The molecule has 2 aromatic rings. The van der Waals surface area contributed by atoms with E-state index in [1.165, 1.54) is 6.92 Å². The van der Waals surface area contributed by atoms with Crippen LogP contribution >= 0.6 is 0 Å². The lowest BCUT2D eigenvalue weighted by Crippen LogP contribution is -2.48. The Hall–Kier alpha value is -3.42. The number of carboxylic acid groups (broad SMARTS) is 1. The average Bonchev–Trinajstić information content (AvgIpc) is 2.81. The molecule has 0 aliphatic carbocycles. The van der Waals surface area contributed by atoms with Crippen molar-refractivity contribution in [3.63, 3.8) is 0 Å². The number of carboxylic acids is 1. The van der Waals surface area contributed by atoms with Crippen molar-refractivity contribution < 1.29 is 29.0 Å². The number of ether oxygens (including phenoxy) is 2. The number of amides is 1. The van der Waals surface area contributed by atoms with Crippen molar-refractivity contribution in [1.82, 2.24) is 9.88 Å². The Bertz CT molecular complexity index is 933. The number of esters is 1. The Kier molecular flexibility index (Phi) is 8.19. The van der Waals surface area contributed by atoms with Crippen LogP contribution in [0.4, 0.5) is 0 Å². The molecular formula is C24H28N2O6. The first kappa shape index (κ1) is 23.2. The zero-order valence-corrected chi connectivity index (χ0v) is 18.1. The number of hydrogen-bond acceptors (Lipinski definition) is 6. The van der Waals surface area contributed by atoms with E-state index < -0.39 is 30.7 Å². The predicted molar refractivity (Wildman–Crippen MR) is 116 cm³/mol. The molecule has 0 spiro atoms. The van der Waals surface area contributed by atoms with Gasteiger partial charge in [-0.25, -0.2) is 9.59 Å². The molecule has 1 amide bonds. The van der Waals surface area contributed by atoms with Crippen LogP contribution < -0.4 is 4.74 Å². The zero-order chi connectivity index (χ0) is 22.9. The SMILES string of the molecule is CC(=O)N1CCCC[C@H]1C(=O)O[C@H](CCc1cccnc1)c1cccc(OCC(=O)O)c1. The molecule has 2 heterocycles. The van der Waals surface area contributed by atoms with Gasteiger partial charge in [0.25, 0.3) is 0 Å². The van der Waals surface area contributed by atoms with Crippen molar-refractivity contribution in [1.29, 1.82) is 0 Å². The molecule has 0 saturated carbocycles. The smallest absolute Gasteiger partial charge is 0.341 e. The molecule has 8 heteroatoms. The number of pyridine rings is 1. The van der Waals surface area contributed by atoms with Crippen molar-refractivity contribution in [2.24, 2.45) is 0 Å². The van der Waals surface area contributed by atoms with E-state index in [0.29, 0.717) is 37.1 Å². The van der Waals surface area contributed by atoms with Crippen LogP contribution in [-0.2, 0) is 25.5 Å². The third kappa shape index (κ3) is 6.54. The van der Waals surface area contributed by atoms with Gasteiger partial charge in [0.15, 0.2) is 6.61 Å². The number of aliphatic carboxylic acids is 1. The lowest BCUT2D eigenvalue weighted by atomic mass is 10.00. The highest BCUT2D eigenvalue weighted by Gasteiger charge is 2.33. The van der Waals surface area contributed by atoms with E-state index in [2.05, 4.69) is 4.98 Å². The Balaban J connectivity index is 1.78. The summed E-state index contributed by atoms with van der Waals surface area (Å²) in [5.74, 6) is -1.25. The van der Waals surface area contributed by atoms with Crippen molar-refractivity contribution in [2.45, 2.75) is 51.2 Å². The average molecular weight is 440 g/mol. The molecule has 0 bridgehead atoms. The highest BCUT2D eigenvalue weighted by Crippen LogP contribution is 2.29. The number of carbonyl (C=O) groups is 3. The van der Waals surface area contributed by atoms with Gasteiger partial charge in [0, 0.05) is 25.9 Å². The van der Waals surface area contributed by atoms with Gasteiger partial charge in [-0.05, 0) is 61.4 Å². The van der Waals surface area contributed by atoms with Gasteiger partial charge >= 0.3 is 11.9 Å². The van der Waals surface area contributed by atoms with Crippen LogP contribution in [0.2, 0.25) is 0 Å². The molecule has 1 aliphatic heterocycles. The first-order chi connectivity index (χ1) is 15.4. The number of rotatable bonds is 9. The van der Waals surface area contributed by atoms with Crippen LogP contribution in [0.15, 0.2) is 48.8 Å². The number of hydrogen-bond donors (Lipinski definition) is 1. The maximum atomic E-state index is 13.1. The Morgan fingerprint density at radius 3 is 2.78 bits per heavy atom. The minimum atomic E-state index is -1.07. The van der Waals surface area contributed by atoms with E-state index >= 15 is 0 Å². The third-order valence-electron chi connectivity index (χ3n) is 5.45. The second-order valence-corrected chi connectivity index (χ2v) is 7.80. The molecular weight excluding hydrogens is 412 g/mol. The van der Waals surface area contributed by atoms with Crippen molar-refractivity contribution in [2.75, 3.05) is 13.2 Å². The highest BCUT2D eigenvalue weighted by atomic mass is 16.5. The molecule has 32 heavy (non-hydrogen) atoms. The third-order valence-corrected chi connectivity index (χ3v) is 5.45. The van der Waals surface area contributed by atoms with Gasteiger partial charge in [-0.15, -0.1) is 0 Å². The summed E-state index contributed by atoms with van der Waals surface area (Å²) in [6.45, 7) is 1.56. The van der Waals surface area contributed by atoms with Gasteiger partial charge in [0.2, 0.25) is 5.91 Å². The number of carbonyl (C=O) groups excluding carboxylic acids is 2. The van der Waals surface area contributed by atoms with E-state index in [9.17, 15) is 14.4 Å². The second-order valence-electron chi connectivity index (χ2n) is 7.80. The number of benzene rings is 1. The van der Waals surface area contributed by atoms with Gasteiger partial charge in [-0.2, -0.15) is 0 Å². The van der Waals surface area contributed by atoms with Crippen LogP contribution in [0.5, 0.6) is 5.75 Å². The maximum Gasteiger partial charge on any atom is 0.341 e. The Morgan fingerprint density at radius 2 is 2.06 bits per heavy atom. The molecule has 1 saturated heterocycles. The monoisotopic (exact) mass is 440 g/mol. The topological polar surface area (TPSA) is 106 Å². The predicted octanol–water partition coefficient (Wildman–Crippen LogP) is 3.16. The molecule has 3 rings (SSSR count). The fourth-order valence-corrected chi connectivity index (χ4v) is 3.86. The summed E-state index contributed by atoms with van der Waals surface area (Å²) >= 11 is 0.